The summed E-state index contributed by atoms with van der Waals surface area (Å²) in [6, 6.07) is 9.87. The smallest absolute Gasteiger partial charge is 0.317 e. The van der Waals surface area contributed by atoms with Crippen LogP contribution in [0.4, 0.5) is 4.79 Å². The Balaban J connectivity index is 1.63. The van der Waals surface area contributed by atoms with Gasteiger partial charge in [-0.2, -0.15) is 0 Å². The Bertz CT molecular complexity index is 499. The van der Waals surface area contributed by atoms with Crippen molar-refractivity contribution >= 4 is 11.9 Å². The molecule has 6 nitrogen and oxygen atoms in total. The number of hydrogen-bond donors (Lipinski definition) is 3. The van der Waals surface area contributed by atoms with E-state index in [1.165, 1.54) is 0 Å². The average Bonchev–Trinajstić information content (AvgIpc) is 2.61. The maximum absolute atomic E-state index is 12.2. The normalized spacial score (nSPS) is 15.3. The molecule has 126 valence electrons. The molecule has 1 saturated heterocycles. The molecular formula is C17H25N3O3. The average molecular weight is 319 g/mol. The van der Waals surface area contributed by atoms with E-state index in [-0.39, 0.29) is 11.9 Å². The summed E-state index contributed by atoms with van der Waals surface area (Å²) in [5.41, 5.74) is 2.75. The number of carbonyl (C=O) groups is 2. The fraction of sp³-hybridized carbons (Fsp3) is 0.529. The third kappa shape index (κ3) is 5.90. The summed E-state index contributed by atoms with van der Waals surface area (Å²) in [4.78, 5) is 25.0. The van der Waals surface area contributed by atoms with E-state index in [0.29, 0.717) is 18.9 Å². The van der Waals surface area contributed by atoms with E-state index in [1.807, 2.05) is 35.2 Å². The molecule has 1 aromatic rings. The summed E-state index contributed by atoms with van der Waals surface area (Å²) < 4.78 is 0. The molecule has 1 fully saturated rings. The van der Waals surface area contributed by atoms with Gasteiger partial charge in [-0.15, -0.1) is 0 Å². The molecule has 0 atom stereocenters. The molecule has 23 heavy (non-hydrogen) atoms. The van der Waals surface area contributed by atoms with Gasteiger partial charge in [-0.1, -0.05) is 30.3 Å². The number of carbonyl (C=O) groups excluding carboxylic acids is 2. The molecule has 0 aliphatic carbocycles. The van der Waals surface area contributed by atoms with Crippen molar-refractivity contribution in [1.29, 1.82) is 0 Å². The first kappa shape index (κ1) is 17.3. The quantitative estimate of drug-likeness (QED) is 0.556. The zero-order valence-electron chi connectivity index (χ0n) is 13.3. The lowest BCUT2D eigenvalue weighted by Gasteiger charge is -2.32. The minimum atomic E-state index is -0.331. The molecule has 0 aromatic heterocycles. The lowest BCUT2D eigenvalue weighted by atomic mass is 9.91. The Morgan fingerprint density at radius 1 is 1.17 bits per heavy atom. The SMILES string of the molecule is O=C(CCCC1CCN(C(=O)NCc2ccccc2)CC1)NO. The largest absolute Gasteiger partial charge is 0.334 e. The van der Waals surface area contributed by atoms with Crippen LogP contribution in [0, 0.1) is 5.92 Å². The number of benzene rings is 1. The van der Waals surface area contributed by atoms with Gasteiger partial charge in [0.2, 0.25) is 5.91 Å². The molecule has 0 bridgehead atoms. The van der Waals surface area contributed by atoms with Gasteiger partial charge in [-0.25, -0.2) is 10.3 Å². The van der Waals surface area contributed by atoms with E-state index >= 15 is 0 Å². The topological polar surface area (TPSA) is 81.7 Å². The van der Waals surface area contributed by atoms with Crippen LogP contribution in [-0.4, -0.2) is 35.1 Å². The summed E-state index contributed by atoms with van der Waals surface area (Å²) in [6.07, 6.45) is 4.04. The van der Waals surface area contributed by atoms with E-state index in [2.05, 4.69) is 5.32 Å². The van der Waals surface area contributed by atoms with Crippen LogP contribution in [0.1, 0.15) is 37.7 Å². The zero-order valence-corrected chi connectivity index (χ0v) is 13.3. The molecule has 2 rings (SSSR count). The first-order chi connectivity index (χ1) is 11.2. The number of rotatable bonds is 6. The van der Waals surface area contributed by atoms with E-state index in [9.17, 15) is 9.59 Å². The number of nitrogens with zero attached hydrogens (tertiary/aromatic N) is 1. The second-order valence-electron chi connectivity index (χ2n) is 6.00. The number of piperidine rings is 1. The Hall–Kier alpha value is -2.08. The summed E-state index contributed by atoms with van der Waals surface area (Å²) in [5, 5.41) is 11.4. The number of nitrogens with one attached hydrogen (secondary N) is 2. The van der Waals surface area contributed by atoms with Gasteiger partial charge in [0, 0.05) is 26.1 Å². The van der Waals surface area contributed by atoms with Crippen LogP contribution in [0.15, 0.2) is 30.3 Å². The number of hydrogen-bond acceptors (Lipinski definition) is 3. The maximum atomic E-state index is 12.2. The number of urea groups is 1. The molecule has 1 aromatic carbocycles. The second kappa shape index (κ2) is 9.15. The Morgan fingerprint density at radius 3 is 2.52 bits per heavy atom. The second-order valence-corrected chi connectivity index (χ2v) is 6.00. The van der Waals surface area contributed by atoms with Crippen molar-refractivity contribution in [2.24, 2.45) is 5.92 Å². The van der Waals surface area contributed by atoms with Gasteiger partial charge < -0.3 is 10.2 Å². The van der Waals surface area contributed by atoms with Crippen LogP contribution in [0.3, 0.4) is 0 Å². The first-order valence-corrected chi connectivity index (χ1v) is 8.18. The molecule has 0 saturated carbocycles. The molecule has 6 heteroatoms. The highest BCUT2D eigenvalue weighted by atomic mass is 16.5. The molecule has 0 radical (unpaired) electrons. The van der Waals surface area contributed by atoms with Gasteiger partial charge in [-0.3, -0.25) is 10.0 Å². The van der Waals surface area contributed by atoms with Crippen molar-refractivity contribution in [3.8, 4) is 0 Å². The summed E-state index contributed by atoms with van der Waals surface area (Å²) in [6.45, 7) is 2.07. The minimum Gasteiger partial charge on any atom is -0.334 e. The van der Waals surface area contributed by atoms with Gasteiger partial charge in [0.15, 0.2) is 0 Å². The van der Waals surface area contributed by atoms with Gasteiger partial charge in [0.25, 0.3) is 0 Å². The Labute approximate surface area is 136 Å². The molecule has 3 N–H and O–H groups in total. The van der Waals surface area contributed by atoms with Crippen molar-refractivity contribution in [3.63, 3.8) is 0 Å². The number of likely N-dealkylation sites (tertiary alicyclic amines) is 1. The highest BCUT2D eigenvalue weighted by Gasteiger charge is 2.22. The molecule has 0 unspecified atom stereocenters. The summed E-state index contributed by atoms with van der Waals surface area (Å²) in [7, 11) is 0. The molecule has 0 spiro atoms. The van der Waals surface area contributed by atoms with Gasteiger partial charge in [-0.05, 0) is 37.2 Å². The van der Waals surface area contributed by atoms with Crippen LogP contribution in [0.2, 0.25) is 0 Å². The Kier molecular flexibility index (Phi) is 6.87. The van der Waals surface area contributed by atoms with Crippen LogP contribution in [0.5, 0.6) is 0 Å². The lowest BCUT2D eigenvalue weighted by Crippen LogP contribution is -2.44. The molecule has 1 heterocycles. The molecule has 3 amide bonds. The molecule has 1 aliphatic heterocycles. The van der Waals surface area contributed by atoms with Gasteiger partial charge >= 0.3 is 6.03 Å². The van der Waals surface area contributed by atoms with Crippen molar-refractivity contribution in [2.45, 2.75) is 38.6 Å². The highest BCUT2D eigenvalue weighted by molar-refractivity contribution is 5.74. The lowest BCUT2D eigenvalue weighted by molar-refractivity contribution is -0.129. The standard InChI is InChI=1S/C17H25N3O3/c21-16(19-23)8-4-7-14-9-11-20(12-10-14)17(22)18-13-15-5-2-1-3-6-15/h1-3,5-6,14,23H,4,7-13H2,(H,18,22)(H,19,21). The number of amides is 3. The zero-order chi connectivity index (χ0) is 16.5. The molecule has 1 aliphatic rings. The van der Waals surface area contributed by atoms with Crippen molar-refractivity contribution < 1.29 is 14.8 Å². The fourth-order valence-electron chi connectivity index (χ4n) is 2.92. The van der Waals surface area contributed by atoms with E-state index in [1.54, 1.807) is 5.48 Å². The van der Waals surface area contributed by atoms with Crippen molar-refractivity contribution in [1.82, 2.24) is 15.7 Å². The van der Waals surface area contributed by atoms with E-state index in [0.717, 1.165) is 44.3 Å². The predicted octanol–water partition coefficient (Wildman–Crippen LogP) is 2.28. The fourth-order valence-corrected chi connectivity index (χ4v) is 2.92. The van der Waals surface area contributed by atoms with Crippen LogP contribution in [-0.2, 0) is 11.3 Å². The van der Waals surface area contributed by atoms with Crippen molar-refractivity contribution in [3.05, 3.63) is 35.9 Å². The maximum Gasteiger partial charge on any atom is 0.317 e. The van der Waals surface area contributed by atoms with E-state index < -0.39 is 0 Å². The van der Waals surface area contributed by atoms with Crippen LogP contribution >= 0.6 is 0 Å². The summed E-state index contributed by atoms with van der Waals surface area (Å²) >= 11 is 0. The Morgan fingerprint density at radius 2 is 1.87 bits per heavy atom. The third-order valence-corrected chi connectivity index (χ3v) is 4.33. The van der Waals surface area contributed by atoms with E-state index in [4.69, 9.17) is 5.21 Å². The van der Waals surface area contributed by atoms with Crippen LogP contribution < -0.4 is 10.8 Å². The number of hydroxylamine groups is 1. The van der Waals surface area contributed by atoms with Gasteiger partial charge in [0.1, 0.15) is 0 Å². The third-order valence-electron chi connectivity index (χ3n) is 4.33. The highest BCUT2D eigenvalue weighted by Crippen LogP contribution is 2.22. The minimum absolute atomic E-state index is 0.00744. The van der Waals surface area contributed by atoms with Crippen molar-refractivity contribution in [2.75, 3.05) is 13.1 Å². The van der Waals surface area contributed by atoms with Gasteiger partial charge in [0.05, 0.1) is 0 Å². The monoisotopic (exact) mass is 319 g/mol. The van der Waals surface area contributed by atoms with Crippen LogP contribution in [0.25, 0.3) is 0 Å². The summed E-state index contributed by atoms with van der Waals surface area (Å²) in [5.74, 6) is 0.224. The molecular weight excluding hydrogens is 294 g/mol. The predicted molar refractivity (Wildman–Crippen MR) is 86.8 cm³/mol. The first-order valence-electron chi connectivity index (χ1n) is 8.18.